The Balaban J connectivity index is 2.04. The van der Waals surface area contributed by atoms with Crippen LogP contribution >= 0.6 is 0 Å². The minimum atomic E-state index is -0.306. The van der Waals surface area contributed by atoms with Gasteiger partial charge in [0.15, 0.2) is 11.5 Å². The van der Waals surface area contributed by atoms with Gasteiger partial charge in [-0.1, -0.05) is 13.0 Å². The van der Waals surface area contributed by atoms with Crippen molar-refractivity contribution in [1.82, 2.24) is 5.32 Å². The maximum atomic E-state index is 12.0. The van der Waals surface area contributed by atoms with Crippen molar-refractivity contribution >= 4 is 5.91 Å². The third kappa shape index (κ3) is 2.41. The first-order chi connectivity index (χ1) is 8.56. The molecule has 1 amide bonds. The number of ether oxygens (including phenoxy) is 2. The molecule has 0 radical (unpaired) electrons. The van der Waals surface area contributed by atoms with Crippen LogP contribution in [0, 0.1) is 5.41 Å². The zero-order valence-corrected chi connectivity index (χ0v) is 10.5. The summed E-state index contributed by atoms with van der Waals surface area (Å²) in [6.45, 7) is 3.87. The summed E-state index contributed by atoms with van der Waals surface area (Å²) in [5.41, 5.74) is 0.225. The molecule has 1 saturated heterocycles. The van der Waals surface area contributed by atoms with Gasteiger partial charge in [-0.2, -0.15) is 0 Å². The summed E-state index contributed by atoms with van der Waals surface area (Å²) in [5, 5.41) is 12.6. The molecule has 1 heterocycles. The van der Waals surface area contributed by atoms with Crippen LogP contribution in [0.3, 0.4) is 0 Å². The predicted octanol–water partition coefficient (Wildman–Crippen LogP) is 1.17. The molecular formula is C13H17NO4. The van der Waals surface area contributed by atoms with E-state index in [4.69, 9.17) is 9.47 Å². The van der Waals surface area contributed by atoms with Crippen molar-refractivity contribution in [3.8, 4) is 11.5 Å². The fraction of sp³-hybridized carbons (Fsp3) is 0.462. The molecule has 1 aliphatic heterocycles. The smallest absolute Gasteiger partial charge is 0.255 e. The molecule has 0 spiro atoms. The molecule has 1 fully saturated rings. The van der Waals surface area contributed by atoms with Gasteiger partial charge in [0.1, 0.15) is 0 Å². The number of phenolic OH excluding ortho intramolecular Hbond substituents is 1. The topological polar surface area (TPSA) is 67.8 Å². The predicted molar refractivity (Wildman–Crippen MR) is 65.9 cm³/mol. The van der Waals surface area contributed by atoms with E-state index in [2.05, 4.69) is 5.32 Å². The van der Waals surface area contributed by atoms with Crippen molar-refractivity contribution in [3.05, 3.63) is 23.8 Å². The standard InChI is InChI=1S/C13H17NO4/c1-13(7-18-8-13)6-14-12(16)9-4-3-5-10(17-2)11(9)15/h3-5,15H,6-8H2,1-2H3,(H,14,16). The van der Waals surface area contributed by atoms with E-state index in [1.54, 1.807) is 18.2 Å². The van der Waals surface area contributed by atoms with Crippen LogP contribution in [-0.4, -0.2) is 37.9 Å². The summed E-state index contributed by atoms with van der Waals surface area (Å²) in [4.78, 5) is 12.0. The van der Waals surface area contributed by atoms with Gasteiger partial charge in [-0.05, 0) is 12.1 Å². The van der Waals surface area contributed by atoms with Crippen LogP contribution in [0.15, 0.2) is 18.2 Å². The molecule has 5 heteroatoms. The zero-order chi connectivity index (χ0) is 13.2. The molecule has 1 aromatic carbocycles. The molecule has 0 saturated carbocycles. The summed E-state index contributed by atoms with van der Waals surface area (Å²) in [5.74, 6) is -0.145. The first kappa shape index (κ1) is 12.7. The van der Waals surface area contributed by atoms with Crippen molar-refractivity contribution < 1.29 is 19.4 Å². The third-order valence-electron chi connectivity index (χ3n) is 3.04. The highest BCUT2D eigenvalue weighted by atomic mass is 16.5. The van der Waals surface area contributed by atoms with Crippen LogP contribution < -0.4 is 10.1 Å². The third-order valence-corrected chi connectivity index (χ3v) is 3.04. The fourth-order valence-electron chi connectivity index (χ4n) is 1.81. The molecule has 18 heavy (non-hydrogen) atoms. The molecule has 0 aliphatic carbocycles. The van der Waals surface area contributed by atoms with Gasteiger partial charge in [0, 0.05) is 12.0 Å². The molecule has 1 aliphatic rings. The van der Waals surface area contributed by atoms with E-state index in [0.717, 1.165) is 0 Å². The lowest BCUT2D eigenvalue weighted by molar-refractivity contribution is -0.0978. The van der Waals surface area contributed by atoms with Crippen LogP contribution in [0.5, 0.6) is 11.5 Å². The van der Waals surface area contributed by atoms with Crippen molar-refractivity contribution in [2.75, 3.05) is 26.9 Å². The second-order valence-corrected chi connectivity index (χ2v) is 4.84. The number of benzene rings is 1. The number of nitrogens with one attached hydrogen (secondary N) is 1. The van der Waals surface area contributed by atoms with Gasteiger partial charge < -0.3 is 19.9 Å². The molecule has 0 aromatic heterocycles. The van der Waals surface area contributed by atoms with E-state index in [9.17, 15) is 9.90 Å². The molecule has 0 unspecified atom stereocenters. The summed E-state index contributed by atoms with van der Waals surface area (Å²) >= 11 is 0. The molecule has 98 valence electrons. The molecule has 2 rings (SSSR count). The van der Waals surface area contributed by atoms with Crippen molar-refractivity contribution in [2.45, 2.75) is 6.92 Å². The number of amides is 1. The number of aromatic hydroxyl groups is 1. The highest BCUT2D eigenvalue weighted by molar-refractivity contribution is 5.97. The monoisotopic (exact) mass is 251 g/mol. The average Bonchev–Trinajstić information content (AvgIpc) is 2.34. The highest BCUT2D eigenvalue weighted by Gasteiger charge is 2.33. The van der Waals surface area contributed by atoms with E-state index in [1.165, 1.54) is 7.11 Å². The van der Waals surface area contributed by atoms with Crippen LogP contribution in [0.4, 0.5) is 0 Å². The van der Waals surface area contributed by atoms with E-state index in [1.807, 2.05) is 6.92 Å². The van der Waals surface area contributed by atoms with Gasteiger partial charge in [0.25, 0.3) is 5.91 Å². The van der Waals surface area contributed by atoms with Crippen LogP contribution in [0.2, 0.25) is 0 Å². The quantitative estimate of drug-likeness (QED) is 0.842. The van der Waals surface area contributed by atoms with E-state index in [0.29, 0.717) is 25.5 Å². The second-order valence-electron chi connectivity index (χ2n) is 4.84. The Morgan fingerprint density at radius 2 is 2.28 bits per heavy atom. The Kier molecular flexibility index (Phi) is 3.43. The number of carbonyl (C=O) groups is 1. The van der Waals surface area contributed by atoms with Gasteiger partial charge >= 0.3 is 0 Å². The van der Waals surface area contributed by atoms with Gasteiger partial charge in [-0.15, -0.1) is 0 Å². The first-order valence-electron chi connectivity index (χ1n) is 5.78. The SMILES string of the molecule is COc1cccc(C(=O)NCC2(C)COC2)c1O. The Bertz CT molecular complexity index is 454. The molecule has 1 aromatic rings. The maximum absolute atomic E-state index is 12.0. The summed E-state index contributed by atoms with van der Waals surface area (Å²) in [6.07, 6.45) is 0. The van der Waals surface area contributed by atoms with Crippen LogP contribution in [-0.2, 0) is 4.74 Å². The van der Waals surface area contributed by atoms with Crippen molar-refractivity contribution in [3.63, 3.8) is 0 Å². The molecule has 5 nitrogen and oxygen atoms in total. The van der Waals surface area contributed by atoms with Gasteiger partial charge in [-0.3, -0.25) is 4.79 Å². The number of hydrogen-bond acceptors (Lipinski definition) is 4. The van der Waals surface area contributed by atoms with Crippen LogP contribution in [0.1, 0.15) is 17.3 Å². The number of phenols is 1. The summed E-state index contributed by atoms with van der Waals surface area (Å²) in [7, 11) is 1.45. The van der Waals surface area contributed by atoms with Crippen molar-refractivity contribution in [1.29, 1.82) is 0 Å². The Morgan fingerprint density at radius 1 is 1.56 bits per heavy atom. The Morgan fingerprint density at radius 3 is 2.83 bits per heavy atom. The Labute approximate surface area is 106 Å². The fourth-order valence-corrected chi connectivity index (χ4v) is 1.81. The number of hydrogen-bond donors (Lipinski definition) is 2. The molecular weight excluding hydrogens is 234 g/mol. The molecule has 0 atom stereocenters. The number of rotatable bonds is 4. The number of methoxy groups -OCH3 is 1. The highest BCUT2D eigenvalue weighted by Crippen LogP contribution is 2.30. The summed E-state index contributed by atoms with van der Waals surface area (Å²) in [6, 6.07) is 4.83. The van der Waals surface area contributed by atoms with Crippen LogP contribution in [0.25, 0.3) is 0 Å². The minimum Gasteiger partial charge on any atom is -0.504 e. The molecule has 0 bridgehead atoms. The largest absolute Gasteiger partial charge is 0.504 e. The second kappa shape index (κ2) is 4.86. The van der Waals surface area contributed by atoms with Gasteiger partial charge in [-0.25, -0.2) is 0 Å². The molecule has 2 N–H and O–H groups in total. The van der Waals surface area contributed by atoms with E-state index < -0.39 is 0 Å². The van der Waals surface area contributed by atoms with E-state index >= 15 is 0 Å². The zero-order valence-electron chi connectivity index (χ0n) is 10.5. The minimum absolute atomic E-state index is 0.00411. The lowest BCUT2D eigenvalue weighted by Gasteiger charge is -2.38. The Hall–Kier alpha value is -1.75. The lowest BCUT2D eigenvalue weighted by Crippen LogP contribution is -2.48. The van der Waals surface area contributed by atoms with E-state index in [-0.39, 0.29) is 22.6 Å². The van der Waals surface area contributed by atoms with Crippen molar-refractivity contribution in [2.24, 2.45) is 5.41 Å². The summed E-state index contributed by atoms with van der Waals surface area (Å²) < 4.78 is 10.1. The maximum Gasteiger partial charge on any atom is 0.255 e. The van der Waals surface area contributed by atoms with Gasteiger partial charge in [0.2, 0.25) is 0 Å². The first-order valence-corrected chi connectivity index (χ1v) is 5.78. The average molecular weight is 251 g/mol. The van der Waals surface area contributed by atoms with Gasteiger partial charge in [0.05, 0.1) is 25.9 Å². The number of para-hydroxylation sites is 1. The number of carbonyl (C=O) groups excluding carboxylic acids is 1. The lowest BCUT2D eigenvalue weighted by atomic mass is 9.88. The normalized spacial score (nSPS) is 16.8.